The van der Waals surface area contributed by atoms with Crippen LogP contribution < -0.4 is 14.8 Å². The Morgan fingerprint density at radius 2 is 1.71 bits per heavy atom. The molecular formula is C19H23NO4. The zero-order valence-electron chi connectivity index (χ0n) is 14.3. The lowest BCUT2D eigenvalue weighted by molar-refractivity contribution is 0.0949. The van der Waals surface area contributed by atoms with E-state index in [0.29, 0.717) is 36.8 Å². The van der Waals surface area contributed by atoms with E-state index in [-0.39, 0.29) is 5.91 Å². The SMILES string of the molecule is CCOCc1ccccc1CNC(=O)c1ccc(OC)c(OC)c1. The van der Waals surface area contributed by atoms with E-state index in [2.05, 4.69) is 5.32 Å². The summed E-state index contributed by atoms with van der Waals surface area (Å²) in [4.78, 5) is 12.4. The average Bonchev–Trinajstić information content (AvgIpc) is 2.64. The smallest absolute Gasteiger partial charge is 0.251 e. The normalized spacial score (nSPS) is 10.3. The zero-order valence-corrected chi connectivity index (χ0v) is 14.3. The maximum absolute atomic E-state index is 12.4. The molecule has 24 heavy (non-hydrogen) atoms. The molecule has 2 aromatic rings. The second-order valence-electron chi connectivity index (χ2n) is 5.16. The summed E-state index contributed by atoms with van der Waals surface area (Å²) in [6.45, 7) is 3.60. The molecule has 0 aliphatic carbocycles. The lowest BCUT2D eigenvalue weighted by Crippen LogP contribution is -2.23. The van der Waals surface area contributed by atoms with Gasteiger partial charge in [-0.2, -0.15) is 0 Å². The fourth-order valence-corrected chi connectivity index (χ4v) is 2.34. The summed E-state index contributed by atoms with van der Waals surface area (Å²) < 4.78 is 15.9. The molecule has 0 saturated heterocycles. The van der Waals surface area contributed by atoms with E-state index in [9.17, 15) is 4.79 Å². The molecule has 0 bridgehead atoms. The van der Waals surface area contributed by atoms with Crippen LogP contribution in [0.25, 0.3) is 0 Å². The molecule has 0 heterocycles. The summed E-state index contributed by atoms with van der Waals surface area (Å²) in [5.74, 6) is 0.958. The fourth-order valence-electron chi connectivity index (χ4n) is 2.34. The molecule has 5 nitrogen and oxygen atoms in total. The Kier molecular flexibility index (Phi) is 6.63. The molecule has 5 heteroatoms. The predicted molar refractivity (Wildman–Crippen MR) is 92.5 cm³/mol. The lowest BCUT2D eigenvalue weighted by Gasteiger charge is -2.12. The fraction of sp³-hybridized carbons (Fsp3) is 0.316. The molecule has 0 fully saturated rings. The molecule has 2 aromatic carbocycles. The van der Waals surface area contributed by atoms with Crippen LogP contribution in [-0.2, 0) is 17.9 Å². The van der Waals surface area contributed by atoms with Crippen LogP contribution in [0.3, 0.4) is 0 Å². The standard InChI is InChI=1S/C19H23NO4/c1-4-24-13-16-8-6-5-7-15(16)12-20-19(21)14-9-10-17(22-2)18(11-14)23-3/h5-11H,4,12-13H2,1-3H3,(H,20,21). The number of benzene rings is 2. The average molecular weight is 329 g/mol. The summed E-state index contributed by atoms with van der Waals surface area (Å²) in [7, 11) is 3.11. The summed E-state index contributed by atoms with van der Waals surface area (Å²) >= 11 is 0. The van der Waals surface area contributed by atoms with Gasteiger partial charge in [-0.1, -0.05) is 24.3 Å². The van der Waals surface area contributed by atoms with Crippen LogP contribution >= 0.6 is 0 Å². The number of nitrogens with one attached hydrogen (secondary N) is 1. The van der Waals surface area contributed by atoms with Crippen molar-refractivity contribution in [2.45, 2.75) is 20.1 Å². The highest BCUT2D eigenvalue weighted by Crippen LogP contribution is 2.27. The van der Waals surface area contributed by atoms with Gasteiger partial charge in [-0.15, -0.1) is 0 Å². The van der Waals surface area contributed by atoms with Gasteiger partial charge in [0, 0.05) is 18.7 Å². The minimum Gasteiger partial charge on any atom is -0.493 e. The highest BCUT2D eigenvalue weighted by Gasteiger charge is 2.11. The van der Waals surface area contributed by atoms with Gasteiger partial charge in [0.15, 0.2) is 11.5 Å². The zero-order chi connectivity index (χ0) is 17.4. The Balaban J connectivity index is 2.06. The first-order valence-corrected chi connectivity index (χ1v) is 7.84. The minimum atomic E-state index is -0.165. The van der Waals surface area contributed by atoms with E-state index in [1.54, 1.807) is 32.4 Å². The topological polar surface area (TPSA) is 56.8 Å². The summed E-state index contributed by atoms with van der Waals surface area (Å²) in [5.41, 5.74) is 2.64. The van der Waals surface area contributed by atoms with Gasteiger partial charge < -0.3 is 19.5 Å². The third kappa shape index (κ3) is 4.49. The van der Waals surface area contributed by atoms with Crippen LogP contribution in [0.2, 0.25) is 0 Å². The summed E-state index contributed by atoms with van der Waals surface area (Å²) in [6.07, 6.45) is 0. The van der Waals surface area contributed by atoms with Gasteiger partial charge in [-0.05, 0) is 36.2 Å². The number of carbonyl (C=O) groups excluding carboxylic acids is 1. The Labute approximate surface area is 142 Å². The van der Waals surface area contributed by atoms with E-state index >= 15 is 0 Å². The van der Waals surface area contributed by atoms with Crippen LogP contribution in [0.4, 0.5) is 0 Å². The monoisotopic (exact) mass is 329 g/mol. The van der Waals surface area contributed by atoms with Gasteiger partial charge >= 0.3 is 0 Å². The lowest BCUT2D eigenvalue weighted by atomic mass is 10.1. The second-order valence-corrected chi connectivity index (χ2v) is 5.16. The number of amides is 1. The first-order chi connectivity index (χ1) is 11.7. The van der Waals surface area contributed by atoms with E-state index in [1.165, 1.54) is 0 Å². The molecule has 128 valence electrons. The number of carbonyl (C=O) groups is 1. The third-order valence-electron chi connectivity index (χ3n) is 3.67. The van der Waals surface area contributed by atoms with Gasteiger partial charge in [0.2, 0.25) is 0 Å². The molecule has 0 saturated carbocycles. The van der Waals surface area contributed by atoms with Crippen molar-refractivity contribution in [1.82, 2.24) is 5.32 Å². The largest absolute Gasteiger partial charge is 0.493 e. The van der Waals surface area contributed by atoms with Gasteiger partial charge in [0.25, 0.3) is 5.91 Å². The molecule has 0 aliphatic rings. The number of hydrogen-bond acceptors (Lipinski definition) is 4. The van der Waals surface area contributed by atoms with Crippen molar-refractivity contribution in [2.24, 2.45) is 0 Å². The number of hydrogen-bond donors (Lipinski definition) is 1. The molecule has 2 rings (SSSR count). The highest BCUT2D eigenvalue weighted by atomic mass is 16.5. The van der Waals surface area contributed by atoms with Crippen molar-refractivity contribution in [3.05, 3.63) is 59.2 Å². The van der Waals surface area contributed by atoms with Crippen LogP contribution in [-0.4, -0.2) is 26.7 Å². The number of ether oxygens (including phenoxy) is 3. The number of rotatable bonds is 8. The van der Waals surface area contributed by atoms with E-state index in [1.807, 2.05) is 31.2 Å². The highest BCUT2D eigenvalue weighted by molar-refractivity contribution is 5.94. The molecule has 0 aliphatic heterocycles. The third-order valence-corrected chi connectivity index (χ3v) is 3.67. The molecule has 0 aromatic heterocycles. The first-order valence-electron chi connectivity index (χ1n) is 7.84. The second kappa shape index (κ2) is 8.93. The molecule has 1 N–H and O–H groups in total. The van der Waals surface area contributed by atoms with Crippen LogP contribution in [0, 0.1) is 0 Å². The molecule has 0 radical (unpaired) electrons. The predicted octanol–water partition coefficient (Wildman–Crippen LogP) is 3.17. The van der Waals surface area contributed by atoms with E-state index in [4.69, 9.17) is 14.2 Å². The first kappa shape index (κ1) is 17.8. The maximum atomic E-state index is 12.4. The van der Waals surface area contributed by atoms with E-state index in [0.717, 1.165) is 11.1 Å². The quantitative estimate of drug-likeness (QED) is 0.808. The van der Waals surface area contributed by atoms with Crippen LogP contribution in [0.5, 0.6) is 11.5 Å². The Bertz CT molecular complexity index is 685. The minimum absolute atomic E-state index is 0.165. The number of methoxy groups -OCH3 is 2. The maximum Gasteiger partial charge on any atom is 0.251 e. The van der Waals surface area contributed by atoms with Crippen molar-refractivity contribution in [3.8, 4) is 11.5 Å². The van der Waals surface area contributed by atoms with Gasteiger partial charge in [-0.3, -0.25) is 4.79 Å². The molecule has 0 atom stereocenters. The van der Waals surface area contributed by atoms with Gasteiger partial charge in [-0.25, -0.2) is 0 Å². The molecule has 0 unspecified atom stereocenters. The van der Waals surface area contributed by atoms with Crippen LogP contribution in [0.1, 0.15) is 28.4 Å². The van der Waals surface area contributed by atoms with Gasteiger partial charge in [0.05, 0.1) is 20.8 Å². The van der Waals surface area contributed by atoms with Crippen LogP contribution in [0.15, 0.2) is 42.5 Å². The molecule has 0 spiro atoms. The van der Waals surface area contributed by atoms with Gasteiger partial charge in [0.1, 0.15) is 0 Å². The Morgan fingerprint density at radius 1 is 1.00 bits per heavy atom. The molecule has 1 amide bonds. The van der Waals surface area contributed by atoms with E-state index < -0.39 is 0 Å². The van der Waals surface area contributed by atoms with Crippen molar-refractivity contribution in [1.29, 1.82) is 0 Å². The van der Waals surface area contributed by atoms with Crippen molar-refractivity contribution >= 4 is 5.91 Å². The van der Waals surface area contributed by atoms with Crippen molar-refractivity contribution in [2.75, 3.05) is 20.8 Å². The van der Waals surface area contributed by atoms with Crippen molar-refractivity contribution in [3.63, 3.8) is 0 Å². The Hall–Kier alpha value is -2.53. The molecular weight excluding hydrogens is 306 g/mol. The summed E-state index contributed by atoms with van der Waals surface area (Å²) in [5, 5.41) is 2.93. The summed E-state index contributed by atoms with van der Waals surface area (Å²) in [6, 6.07) is 13.0. The van der Waals surface area contributed by atoms with Crippen molar-refractivity contribution < 1.29 is 19.0 Å². The Morgan fingerprint density at radius 3 is 2.38 bits per heavy atom.